The summed E-state index contributed by atoms with van der Waals surface area (Å²) >= 11 is 0. The molecule has 176 valence electrons. The molecule has 0 saturated heterocycles. The third-order valence-corrected chi connectivity index (χ3v) is 5.62. The normalized spacial score (nSPS) is 13.8. The molecule has 0 radical (unpaired) electrons. The Balaban J connectivity index is 2.07. The minimum Gasteiger partial charge on any atom is -0.457 e. The third kappa shape index (κ3) is 3.36. The fourth-order valence-electron chi connectivity index (χ4n) is 4.10. The van der Waals surface area contributed by atoms with Crippen molar-refractivity contribution in [3.63, 3.8) is 0 Å². The average molecular weight is 472 g/mol. The molecule has 1 aliphatic rings. The van der Waals surface area contributed by atoms with E-state index in [0.29, 0.717) is 10.0 Å². The van der Waals surface area contributed by atoms with E-state index in [-0.39, 0.29) is 39.6 Å². The minimum absolute atomic E-state index is 0.00702. The van der Waals surface area contributed by atoms with E-state index in [0.717, 1.165) is 0 Å². The summed E-state index contributed by atoms with van der Waals surface area (Å²) in [4.78, 5) is 23.0. The topological polar surface area (TPSA) is 154 Å². The van der Waals surface area contributed by atoms with Gasteiger partial charge in [-0.25, -0.2) is 31.3 Å². The number of halogens is 3. The number of carbonyl (C=O) groups excluding carboxylic acids is 2. The molecule has 4 amide bonds. The fraction of sp³-hybridized carbons (Fsp3) is 0.0909. The number of benzene rings is 3. The molecule has 3 aromatic carbocycles. The second-order valence-corrected chi connectivity index (χ2v) is 7.49. The van der Waals surface area contributed by atoms with Crippen molar-refractivity contribution in [3.05, 3.63) is 83.4 Å². The number of primary amides is 2. The zero-order valence-electron chi connectivity index (χ0n) is 17.4. The number of anilines is 2. The van der Waals surface area contributed by atoms with Crippen LogP contribution in [0.15, 0.2) is 66.7 Å². The van der Waals surface area contributed by atoms with Gasteiger partial charge in [0.2, 0.25) is 0 Å². The van der Waals surface area contributed by atoms with Crippen LogP contribution in [0.5, 0.6) is 11.5 Å². The molecule has 0 spiro atoms. The highest BCUT2D eigenvalue weighted by Crippen LogP contribution is 2.59. The molecule has 0 unspecified atom stereocenters. The molecule has 0 bridgehead atoms. The first-order valence-corrected chi connectivity index (χ1v) is 9.76. The molecule has 0 atom stereocenters. The number of urea groups is 2. The predicted molar refractivity (Wildman–Crippen MR) is 118 cm³/mol. The van der Waals surface area contributed by atoms with Crippen molar-refractivity contribution in [2.45, 2.75) is 11.6 Å². The van der Waals surface area contributed by atoms with Gasteiger partial charge in [0.15, 0.2) is 0 Å². The van der Waals surface area contributed by atoms with Gasteiger partial charge in [0, 0.05) is 23.3 Å². The molecule has 0 fully saturated rings. The maximum atomic E-state index is 15.1. The number of ether oxygens (including phenoxy) is 1. The van der Waals surface area contributed by atoms with E-state index in [1.165, 1.54) is 60.7 Å². The van der Waals surface area contributed by atoms with Gasteiger partial charge in [-0.1, -0.05) is 42.5 Å². The predicted octanol–water partition coefficient (Wildman–Crippen LogP) is 3.21. The van der Waals surface area contributed by atoms with Crippen molar-refractivity contribution in [3.8, 4) is 11.5 Å². The van der Waals surface area contributed by atoms with Crippen LogP contribution >= 0.6 is 0 Å². The van der Waals surface area contributed by atoms with Crippen LogP contribution in [0.1, 0.15) is 16.7 Å². The van der Waals surface area contributed by atoms with Gasteiger partial charge in [0.1, 0.15) is 16.9 Å². The zero-order chi connectivity index (χ0) is 24.8. The summed E-state index contributed by atoms with van der Waals surface area (Å²) in [5.74, 6) is 10.8. The molecule has 4 rings (SSSR count). The largest absolute Gasteiger partial charge is 0.457 e. The zero-order valence-corrected chi connectivity index (χ0v) is 17.4. The molecule has 1 heterocycles. The molecule has 0 saturated carbocycles. The Morgan fingerprint density at radius 3 is 1.59 bits per heavy atom. The molecule has 9 nitrogen and oxygen atoms in total. The SMILES string of the molecule is NC(=O)N(N)c1ccc2c(c1)Oc1cc(N(N)C(N)=O)ccc1C2(c1ccccc1)C(F)(F)F. The van der Waals surface area contributed by atoms with Crippen LogP contribution in [0.2, 0.25) is 0 Å². The summed E-state index contributed by atoms with van der Waals surface area (Å²) in [5, 5.41) is 1.14. The van der Waals surface area contributed by atoms with Crippen molar-refractivity contribution < 1.29 is 27.5 Å². The monoisotopic (exact) mass is 472 g/mol. The van der Waals surface area contributed by atoms with Crippen LogP contribution in [-0.4, -0.2) is 18.2 Å². The van der Waals surface area contributed by atoms with Crippen LogP contribution in [0, 0.1) is 0 Å². The number of nitrogens with zero attached hydrogens (tertiary/aromatic N) is 2. The first kappa shape index (κ1) is 22.9. The highest BCUT2D eigenvalue weighted by atomic mass is 19.4. The maximum Gasteiger partial charge on any atom is 0.406 e. The molecule has 8 N–H and O–H groups in total. The smallest absolute Gasteiger partial charge is 0.406 e. The first-order chi connectivity index (χ1) is 16.0. The summed E-state index contributed by atoms with van der Waals surface area (Å²) in [7, 11) is 0. The van der Waals surface area contributed by atoms with E-state index in [4.69, 9.17) is 27.9 Å². The van der Waals surface area contributed by atoms with Crippen molar-refractivity contribution in [1.29, 1.82) is 0 Å². The van der Waals surface area contributed by atoms with Crippen molar-refractivity contribution >= 4 is 23.4 Å². The maximum absolute atomic E-state index is 15.1. The van der Waals surface area contributed by atoms with Crippen molar-refractivity contribution in [2.75, 3.05) is 10.0 Å². The van der Waals surface area contributed by atoms with Crippen LogP contribution in [0.25, 0.3) is 0 Å². The summed E-state index contributed by atoms with van der Waals surface area (Å²) in [6.07, 6.45) is -4.84. The lowest BCUT2D eigenvalue weighted by atomic mass is 9.67. The van der Waals surface area contributed by atoms with Gasteiger partial charge in [-0.3, -0.25) is 0 Å². The Hall–Kier alpha value is -4.29. The lowest BCUT2D eigenvalue weighted by Gasteiger charge is -2.42. The summed E-state index contributed by atoms with van der Waals surface area (Å²) in [6.45, 7) is 0. The van der Waals surface area contributed by atoms with Gasteiger partial charge in [-0.2, -0.15) is 13.2 Å². The number of rotatable bonds is 3. The molecular formula is C22H19F3N6O3. The van der Waals surface area contributed by atoms with E-state index in [9.17, 15) is 9.59 Å². The number of nitrogens with two attached hydrogens (primary N) is 4. The van der Waals surface area contributed by atoms with E-state index in [2.05, 4.69) is 0 Å². The molecule has 34 heavy (non-hydrogen) atoms. The van der Waals surface area contributed by atoms with Gasteiger partial charge in [0.05, 0.1) is 11.4 Å². The van der Waals surface area contributed by atoms with E-state index in [1.54, 1.807) is 6.07 Å². The van der Waals surface area contributed by atoms with Gasteiger partial charge in [-0.05, 0) is 17.7 Å². The van der Waals surface area contributed by atoms with E-state index in [1.807, 2.05) is 0 Å². The number of hydrogen-bond acceptors (Lipinski definition) is 5. The highest BCUT2D eigenvalue weighted by molar-refractivity contribution is 5.91. The molecule has 3 aromatic rings. The van der Waals surface area contributed by atoms with Gasteiger partial charge >= 0.3 is 18.2 Å². The third-order valence-electron chi connectivity index (χ3n) is 5.62. The number of amides is 4. The second kappa shape index (κ2) is 7.93. The molecule has 1 aliphatic heterocycles. The van der Waals surface area contributed by atoms with Gasteiger partial charge < -0.3 is 16.2 Å². The average Bonchev–Trinajstić information content (AvgIpc) is 2.80. The fourth-order valence-corrected chi connectivity index (χ4v) is 4.10. The minimum atomic E-state index is -4.84. The summed E-state index contributed by atoms with van der Waals surface area (Å²) in [5.41, 5.74) is 7.21. The Morgan fingerprint density at radius 2 is 1.21 bits per heavy atom. The highest BCUT2D eigenvalue weighted by Gasteiger charge is 2.62. The van der Waals surface area contributed by atoms with Crippen molar-refractivity contribution in [1.82, 2.24) is 0 Å². The second-order valence-electron chi connectivity index (χ2n) is 7.49. The number of fused-ring (bicyclic) bond motifs is 2. The number of carbonyl (C=O) groups is 2. The first-order valence-electron chi connectivity index (χ1n) is 9.76. The standard InChI is InChI=1S/C22H19F3N6O3/c23-22(24,25)21(12-4-2-1-3-5-12)15-8-6-13(30(28)19(26)32)10-17(15)34-18-11-14(7-9-16(18)21)31(29)20(27)33/h1-11H,28-29H2,(H2,26,32)(H2,27,33). The van der Waals surface area contributed by atoms with Crippen molar-refractivity contribution in [2.24, 2.45) is 23.2 Å². The molecular weight excluding hydrogens is 453 g/mol. The lowest BCUT2D eigenvalue weighted by Crippen LogP contribution is -2.47. The number of hydrogen-bond donors (Lipinski definition) is 4. The summed E-state index contributed by atoms with van der Waals surface area (Å²) < 4.78 is 51.2. The summed E-state index contributed by atoms with van der Waals surface area (Å²) in [6, 6.07) is 12.4. The van der Waals surface area contributed by atoms with Gasteiger partial charge in [-0.15, -0.1) is 0 Å². The van der Waals surface area contributed by atoms with Crippen LogP contribution in [0.4, 0.5) is 34.1 Å². The molecule has 0 aromatic heterocycles. The van der Waals surface area contributed by atoms with Crippen LogP contribution in [0.3, 0.4) is 0 Å². The Labute approximate surface area is 191 Å². The van der Waals surface area contributed by atoms with Gasteiger partial charge in [0.25, 0.3) is 0 Å². The van der Waals surface area contributed by atoms with E-state index >= 15 is 13.2 Å². The Morgan fingerprint density at radius 1 is 0.765 bits per heavy atom. The Kier molecular flexibility index (Phi) is 5.34. The number of alkyl halides is 3. The number of hydrazine groups is 2. The quantitative estimate of drug-likeness (QED) is 0.262. The molecule has 0 aliphatic carbocycles. The van der Waals surface area contributed by atoms with Crippen LogP contribution in [-0.2, 0) is 5.41 Å². The lowest BCUT2D eigenvalue weighted by molar-refractivity contribution is -0.168. The van der Waals surface area contributed by atoms with E-state index < -0.39 is 23.7 Å². The van der Waals surface area contributed by atoms with Crippen LogP contribution < -0.4 is 37.9 Å². The Bertz CT molecular complexity index is 1210. The molecule has 12 heteroatoms.